The van der Waals surface area contributed by atoms with Crippen LogP contribution >= 0.6 is 0 Å². The monoisotopic (exact) mass is 434 g/mol. The Morgan fingerprint density at radius 3 is 2.52 bits per heavy atom. The molecule has 3 heterocycles. The molecule has 4 atom stereocenters. The number of fused-ring (bicyclic) bond motifs is 3. The largest absolute Gasteiger partial charge is 0.368 e. The van der Waals surface area contributed by atoms with Gasteiger partial charge in [0.2, 0.25) is 5.91 Å². The van der Waals surface area contributed by atoms with Gasteiger partial charge in [0.25, 0.3) is 0 Å². The zero-order valence-corrected chi connectivity index (χ0v) is 18.1. The molecule has 0 bridgehead atoms. The topological polar surface area (TPSA) is 100 Å². The number of anilines is 1. The highest BCUT2D eigenvalue weighted by Gasteiger charge is 2.65. The molecule has 1 fully saturated rings. The van der Waals surface area contributed by atoms with E-state index in [0.717, 1.165) is 16.8 Å². The molecule has 6 nitrogen and oxygen atoms in total. The van der Waals surface area contributed by atoms with Crippen LogP contribution in [0.3, 0.4) is 0 Å². The number of aryl methyl sites for hydroxylation is 1. The summed E-state index contributed by atoms with van der Waals surface area (Å²) in [6.45, 7) is 1.96. The van der Waals surface area contributed by atoms with Gasteiger partial charge in [0.15, 0.2) is 11.2 Å². The average Bonchev–Trinajstić information content (AvgIpc) is 3.16. The molecular weight excluding hydrogens is 412 g/mol. The van der Waals surface area contributed by atoms with Crippen molar-refractivity contribution in [3.8, 4) is 6.07 Å². The van der Waals surface area contributed by atoms with Crippen molar-refractivity contribution in [1.82, 2.24) is 4.98 Å². The van der Waals surface area contributed by atoms with Gasteiger partial charge in [-0.05, 0) is 30.2 Å². The lowest BCUT2D eigenvalue weighted by Gasteiger charge is -2.36. The number of ketones is 1. The van der Waals surface area contributed by atoms with Gasteiger partial charge in [0.05, 0.1) is 12.1 Å². The van der Waals surface area contributed by atoms with Crippen LogP contribution in [0.4, 0.5) is 5.69 Å². The van der Waals surface area contributed by atoms with E-state index in [2.05, 4.69) is 11.1 Å². The van der Waals surface area contributed by atoms with Crippen LogP contribution in [0, 0.1) is 23.7 Å². The van der Waals surface area contributed by atoms with Gasteiger partial charge in [-0.1, -0.05) is 66.2 Å². The Morgan fingerprint density at radius 1 is 1.09 bits per heavy atom. The fourth-order valence-electron chi connectivity index (χ4n) is 5.25. The van der Waals surface area contributed by atoms with Crippen molar-refractivity contribution in [2.45, 2.75) is 24.9 Å². The van der Waals surface area contributed by atoms with Crippen LogP contribution in [0.2, 0.25) is 0 Å². The number of nitrogens with zero attached hydrogens (tertiary/aromatic N) is 3. The van der Waals surface area contributed by atoms with Gasteiger partial charge in [0, 0.05) is 29.6 Å². The Balaban J connectivity index is 1.80. The van der Waals surface area contributed by atoms with Gasteiger partial charge in [-0.25, -0.2) is 0 Å². The van der Waals surface area contributed by atoms with Crippen LogP contribution < -0.4 is 10.6 Å². The molecule has 5 rings (SSSR count). The number of primary amides is 1. The van der Waals surface area contributed by atoms with Crippen molar-refractivity contribution in [2.24, 2.45) is 11.1 Å². The average molecular weight is 434 g/mol. The predicted molar refractivity (Wildman–Crippen MR) is 125 cm³/mol. The molecule has 1 aromatic heterocycles. The van der Waals surface area contributed by atoms with Gasteiger partial charge in [-0.3, -0.25) is 14.6 Å². The van der Waals surface area contributed by atoms with E-state index in [1.807, 2.05) is 60.4 Å². The maximum Gasteiger partial charge on any atom is 0.241 e. The fraction of sp³-hybridized carbons (Fsp3) is 0.185. The van der Waals surface area contributed by atoms with E-state index in [-0.39, 0.29) is 5.78 Å². The number of hydrogen-bond donors (Lipinski definition) is 1. The second kappa shape index (κ2) is 7.72. The lowest BCUT2D eigenvalue weighted by atomic mass is 9.68. The zero-order valence-electron chi connectivity index (χ0n) is 18.1. The summed E-state index contributed by atoms with van der Waals surface area (Å²) in [6, 6.07) is 19.3. The molecule has 6 heteroatoms. The highest BCUT2D eigenvalue weighted by molar-refractivity contribution is 6.06. The summed E-state index contributed by atoms with van der Waals surface area (Å²) >= 11 is 0. The molecule has 0 saturated carbocycles. The van der Waals surface area contributed by atoms with Crippen LogP contribution in [-0.4, -0.2) is 28.8 Å². The Kier molecular flexibility index (Phi) is 4.83. The molecule has 0 spiro atoms. The summed E-state index contributed by atoms with van der Waals surface area (Å²) in [5.41, 5.74) is 8.20. The quantitative estimate of drug-likeness (QED) is 0.632. The summed E-state index contributed by atoms with van der Waals surface area (Å²) in [5.74, 6) is -1.72. The van der Waals surface area contributed by atoms with Crippen LogP contribution in [0.25, 0.3) is 6.08 Å². The standard InChI is InChI=1S/C27H22N4O2/c1-17-8-10-19(11-9-17)25(32)24-23(20-6-4-14-30-15-20)27(16-28,26(29)33)22-13-12-18-5-2-3-7-21(18)31(22)24/h2-15,22-24H,1H3,(H2,29,33)/t22-,23+,24+,27-/m1/s1. The smallest absolute Gasteiger partial charge is 0.241 e. The lowest BCUT2D eigenvalue weighted by Crippen LogP contribution is -2.49. The molecule has 3 aromatic rings. The molecule has 0 aliphatic carbocycles. The molecule has 1 saturated heterocycles. The molecule has 2 aromatic carbocycles. The van der Waals surface area contributed by atoms with E-state index in [9.17, 15) is 14.9 Å². The number of nitriles is 1. The molecule has 2 N–H and O–H groups in total. The first-order valence-electron chi connectivity index (χ1n) is 10.8. The second-order valence-electron chi connectivity index (χ2n) is 8.55. The lowest BCUT2D eigenvalue weighted by molar-refractivity contribution is -0.125. The first kappa shape index (κ1) is 20.7. The van der Waals surface area contributed by atoms with E-state index >= 15 is 0 Å². The third-order valence-electron chi connectivity index (χ3n) is 6.79. The Labute approximate surface area is 192 Å². The van der Waals surface area contributed by atoms with E-state index in [4.69, 9.17) is 5.73 Å². The maximum absolute atomic E-state index is 14.1. The van der Waals surface area contributed by atoms with Gasteiger partial charge >= 0.3 is 0 Å². The van der Waals surface area contributed by atoms with Crippen molar-refractivity contribution >= 4 is 23.5 Å². The van der Waals surface area contributed by atoms with Gasteiger partial charge in [-0.2, -0.15) is 5.26 Å². The van der Waals surface area contributed by atoms with Crippen molar-refractivity contribution < 1.29 is 9.59 Å². The minimum absolute atomic E-state index is 0.169. The third kappa shape index (κ3) is 2.97. The minimum Gasteiger partial charge on any atom is -0.368 e. The van der Waals surface area contributed by atoms with Crippen LogP contribution in [0.5, 0.6) is 0 Å². The van der Waals surface area contributed by atoms with Gasteiger partial charge < -0.3 is 10.6 Å². The van der Waals surface area contributed by atoms with E-state index < -0.39 is 29.3 Å². The molecule has 162 valence electrons. The number of aromatic nitrogens is 1. The number of hydrogen-bond acceptors (Lipinski definition) is 5. The summed E-state index contributed by atoms with van der Waals surface area (Å²) in [6.07, 6.45) is 6.95. The number of nitrogens with two attached hydrogens (primary N) is 1. The number of para-hydroxylation sites is 1. The highest BCUT2D eigenvalue weighted by Crippen LogP contribution is 2.55. The Hall–Kier alpha value is -4.24. The number of pyridine rings is 1. The maximum atomic E-state index is 14.1. The van der Waals surface area contributed by atoms with E-state index in [1.54, 1.807) is 36.7 Å². The van der Waals surface area contributed by atoms with Crippen LogP contribution in [-0.2, 0) is 4.79 Å². The first-order valence-corrected chi connectivity index (χ1v) is 10.8. The number of benzene rings is 2. The third-order valence-corrected chi connectivity index (χ3v) is 6.79. The molecule has 2 aliphatic rings. The van der Waals surface area contributed by atoms with Gasteiger partial charge in [0.1, 0.15) is 6.04 Å². The van der Waals surface area contributed by atoms with Crippen molar-refractivity contribution in [1.29, 1.82) is 5.26 Å². The van der Waals surface area contributed by atoms with Gasteiger partial charge in [-0.15, -0.1) is 0 Å². The van der Waals surface area contributed by atoms with Crippen molar-refractivity contribution in [3.05, 3.63) is 101 Å². The van der Waals surface area contributed by atoms with Crippen LogP contribution in [0.1, 0.15) is 33.0 Å². The SMILES string of the molecule is Cc1ccc(C(=O)[C@@H]2[C@H](c3cccnc3)[C@](C#N)(C(N)=O)[C@H]3C=Cc4ccccc4N23)cc1. The normalized spacial score (nSPS) is 25.1. The summed E-state index contributed by atoms with van der Waals surface area (Å²) in [5, 5.41) is 10.5. The van der Waals surface area contributed by atoms with Crippen LogP contribution in [0.15, 0.2) is 79.1 Å². The molecule has 0 unspecified atom stereocenters. The summed E-state index contributed by atoms with van der Waals surface area (Å²) in [7, 11) is 0. The second-order valence-corrected chi connectivity index (χ2v) is 8.55. The molecule has 2 aliphatic heterocycles. The van der Waals surface area contributed by atoms with Crippen molar-refractivity contribution in [2.75, 3.05) is 4.90 Å². The fourth-order valence-corrected chi connectivity index (χ4v) is 5.25. The first-order chi connectivity index (χ1) is 16.0. The van der Waals surface area contributed by atoms with E-state index in [0.29, 0.717) is 11.1 Å². The highest BCUT2D eigenvalue weighted by atomic mass is 16.1. The molecular formula is C27H22N4O2. The Bertz CT molecular complexity index is 1310. The molecule has 33 heavy (non-hydrogen) atoms. The van der Waals surface area contributed by atoms with E-state index in [1.165, 1.54) is 0 Å². The minimum atomic E-state index is -1.65. The zero-order chi connectivity index (χ0) is 23.2. The predicted octanol–water partition coefficient (Wildman–Crippen LogP) is 3.64. The number of carbonyl (C=O) groups is 2. The number of carbonyl (C=O) groups excluding carboxylic acids is 2. The summed E-state index contributed by atoms with van der Waals surface area (Å²) in [4.78, 5) is 33.3. The number of amides is 1. The van der Waals surface area contributed by atoms with Crippen molar-refractivity contribution in [3.63, 3.8) is 0 Å². The molecule has 1 amide bonds. The Morgan fingerprint density at radius 2 is 1.85 bits per heavy atom. The molecule has 0 radical (unpaired) electrons. The number of Topliss-reactive ketones (excluding diaryl/α,β-unsaturated/α-hetero) is 1. The summed E-state index contributed by atoms with van der Waals surface area (Å²) < 4.78 is 0. The number of rotatable bonds is 4.